The van der Waals surface area contributed by atoms with E-state index >= 15 is 0 Å². The van der Waals surface area contributed by atoms with E-state index in [1.165, 1.54) is 24.3 Å². The SMILES string of the molecule is CNc1nc(-c2ccc(F)cc2)c(C(=O)O)o1. The summed E-state index contributed by atoms with van der Waals surface area (Å²) in [7, 11) is 1.56. The highest BCUT2D eigenvalue weighted by Crippen LogP contribution is 2.26. The van der Waals surface area contributed by atoms with Crippen LogP contribution in [0.1, 0.15) is 10.6 Å². The molecular weight excluding hydrogens is 227 g/mol. The summed E-state index contributed by atoms with van der Waals surface area (Å²) in [5.74, 6) is -1.90. The van der Waals surface area contributed by atoms with Crippen molar-refractivity contribution in [2.45, 2.75) is 0 Å². The highest BCUT2D eigenvalue weighted by molar-refractivity contribution is 5.92. The Hall–Kier alpha value is -2.37. The van der Waals surface area contributed by atoms with E-state index in [0.29, 0.717) is 5.56 Å². The summed E-state index contributed by atoms with van der Waals surface area (Å²) in [6, 6.07) is 5.45. The second kappa shape index (κ2) is 4.25. The van der Waals surface area contributed by atoms with Crippen LogP contribution in [-0.2, 0) is 0 Å². The zero-order chi connectivity index (χ0) is 12.4. The minimum atomic E-state index is -1.22. The number of carboxylic acids is 1. The number of carbonyl (C=O) groups is 1. The molecule has 0 aliphatic carbocycles. The summed E-state index contributed by atoms with van der Waals surface area (Å²) in [6.45, 7) is 0. The molecule has 2 N–H and O–H groups in total. The fourth-order valence-corrected chi connectivity index (χ4v) is 1.38. The minimum Gasteiger partial charge on any atom is -0.475 e. The van der Waals surface area contributed by atoms with Gasteiger partial charge in [-0.15, -0.1) is 0 Å². The summed E-state index contributed by atoms with van der Waals surface area (Å²) < 4.78 is 17.8. The first-order valence-corrected chi connectivity index (χ1v) is 4.79. The van der Waals surface area contributed by atoms with Crippen LogP contribution in [0.3, 0.4) is 0 Å². The first-order chi connectivity index (χ1) is 8.11. The molecule has 17 heavy (non-hydrogen) atoms. The molecule has 2 aromatic rings. The monoisotopic (exact) mass is 236 g/mol. The van der Waals surface area contributed by atoms with E-state index in [9.17, 15) is 9.18 Å². The minimum absolute atomic E-state index is 0.0988. The van der Waals surface area contributed by atoms with Gasteiger partial charge in [0.05, 0.1) is 0 Å². The van der Waals surface area contributed by atoms with Gasteiger partial charge in [-0.05, 0) is 24.3 Å². The Labute approximate surface area is 95.9 Å². The second-order valence-electron chi connectivity index (χ2n) is 3.26. The first-order valence-electron chi connectivity index (χ1n) is 4.79. The van der Waals surface area contributed by atoms with Crippen molar-refractivity contribution in [1.82, 2.24) is 4.98 Å². The van der Waals surface area contributed by atoms with Crippen LogP contribution in [0.25, 0.3) is 11.3 Å². The fourth-order valence-electron chi connectivity index (χ4n) is 1.38. The quantitative estimate of drug-likeness (QED) is 0.854. The van der Waals surface area contributed by atoms with Crippen LogP contribution in [-0.4, -0.2) is 23.1 Å². The summed E-state index contributed by atoms with van der Waals surface area (Å²) in [4.78, 5) is 14.9. The van der Waals surface area contributed by atoms with E-state index in [2.05, 4.69) is 10.3 Å². The Kier molecular flexibility index (Phi) is 2.78. The Balaban J connectivity index is 2.53. The fraction of sp³-hybridized carbons (Fsp3) is 0.0909. The number of anilines is 1. The molecule has 6 heteroatoms. The molecule has 2 rings (SSSR count). The lowest BCUT2D eigenvalue weighted by atomic mass is 10.1. The largest absolute Gasteiger partial charge is 0.475 e. The van der Waals surface area contributed by atoms with Gasteiger partial charge in [0.25, 0.3) is 6.01 Å². The van der Waals surface area contributed by atoms with Crippen molar-refractivity contribution in [3.63, 3.8) is 0 Å². The Morgan fingerprint density at radius 3 is 2.59 bits per heavy atom. The molecule has 1 heterocycles. The van der Waals surface area contributed by atoms with Crippen LogP contribution in [0.2, 0.25) is 0 Å². The van der Waals surface area contributed by atoms with Crippen molar-refractivity contribution in [3.8, 4) is 11.3 Å². The van der Waals surface area contributed by atoms with Crippen LogP contribution in [0.4, 0.5) is 10.4 Å². The molecule has 0 saturated carbocycles. The van der Waals surface area contributed by atoms with Crippen LogP contribution in [0.5, 0.6) is 0 Å². The van der Waals surface area contributed by atoms with Gasteiger partial charge in [-0.3, -0.25) is 0 Å². The number of aromatic carboxylic acids is 1. The molecule has 0 atom stereocenters. The van der Waals surface area contributed by atoms with Gasteiger partial charge in [-0.1, -0.05) is 0 Å². The first kappa shape index (κ1) is 11.1. The molecule has 1 aromatic carbocycles. The second-order valence-corrected chi connectivity index (χ2v) is 3.26. The van der Waals surface area contributed by atoms with Crippen molar-refractivity contribution in [1.29, 1.82) is 0 Å². The highest BCUT2D eigenvalue weighted by atomic mass is 19.1. The number of rotatable bonds is 3. The zero-order valence-corrected chi connectivity index (χ0v) is 8.90. The lowest BCUT2D eigenvalue weighted by Crippen LogP contribution is -1.96. The predicted molar refractivity (Wildman–Crippen MR) is 58.4 cm³/mol. The van der Waals surface area contributed by atoms with E-state index < -0.39 is 11.8 Å². The number of hydrogen-bond donors (Lipinski definition) is 2. The topological polar surface area (TPSA) is 75.4 Å². The van der Waals surface area contributed by atoms with Crippen LogP contribution >= 0.6 is 0 Å². The van der Waals surface area contributed by atoms with Crippen LogP contribution < -0.4 is 5.32 Å². The molecule has 0 bridgehead atoms. The van der Waals surface area contributed by atoms with Gasteiger partial charge in [0.15, 0.2) is 0 Å². The van der Waals surface area contributed by atoms with Crippen molar-refractivity contribution in [2.24, 2.45) is 0 Å². The van der Waals surface area contributed by atoms with Crippen molar-refractivity contribution in [3.05, 3.63) is 35.8 Å². The number of benzene rings is 1. The number of hydrogen-bond acceptors (Lipinski definition) is 4. The van der Waals surface area contributed by atoms with Gasteiger partial charge in [0.2, 0.25) is 5.76 Å². The van der Waals surface area contributed by atoms with E-state index in [-0.39, 0.29) is 17.5 Å². The summed E-state index contributed by atoms with van der Waals surface area (Å²) >= 11 is 0. The Morgan fingerprint density at radius 2 is 2.06 bits per heavy atom. The van der Waals surface area contributed by atoms with Gasteiger partial charge in [-0.2, -0.15) is 4.98 Å². The molecule has 0 unspecified atom stereocenters. The molecule has 0 spiro atoms. The van der Waals surface area contributed by atoms with E-state index in [1.807, 2.05) is 0 Å². The summed E-state index contributed by atoms with van der Waals surface area (Å²) in [6.07, 6.45) is 0. The van der Waals surface area contributed by atoms with Crippen LogP contribution in [0.15, 0.2) is 28.7 Å². The number of halogens is 1. The van der Waals surface area contributed by atoms with Gasteiger partial charge in [-0.25, -0.2) is 9.18 Å². The van der Waals surface area contributed by atoms with E-state index in [4.69, 9.17) is 9.52 Å². The average molecular weight is 236 g/mol. The maximum absolute atomic E-state index is 12.8. The number of nitrogens with one attached hydrogen (secondary N) is 1. The molecule has 0 fully saturated rings. The van der Waals surface area contributed by atoms with E-state index in [0.717, 1.165) is 0 Å². The van der Waals surface area contributed by atoms with Gasteiger partial charge >= 0.3 is 5.97 Å². The van der Waals surface area contributed by atoms with Crippen molar-refractivity contribution < 1.29 is 18.7 Å². The van der Waals surface area contributed by atoms with Crippen molar-refractivity contribution >= 4 is 12.0 Å². The third-order valence-electron chi connectivity index (χ3n) is 2.15. The van der Waals surface area contributed by atoms with Crippen molar-refractivity contribution in [2.75, 3.05) is 12.4 Å². The number of nitrogens with zero attached hydrogens (tertiary/aromatic N) is 1. The Morgan fingerprint density at radius 1 is 1.41 bits per heavy atom. The number of aromatic nitrogens is 1. The molecular formula is C11H9FN2O3. The molecule has 0 saturated heterocycles. The smallest absolute Gasteiger partial charge is 0.374 e. The molecule has 1 aromatic heterocycles. The number of carboxylic acid groups (broad SMARTS) is 1. The standard InChI is InChI=1S/C11H9FN2O3/c1-13-11-14-8(9(17-11)10(15)16)6-2-4-7(12)5-3-6/h2-5H,1H3,(H,13,14)(H,15,16). The lowest BCUT2D eigenvalue weighted by molar-refractivity contribution is 0.0665. The molecule has 0 aliphatic rings. The average Bonchev–Trinajstić information content (AvgIpc) is 2.74. The lowest BCUT2D eigenvalue weighted by Gasteiger charge is -1.96. The summed E-state index contributed by atoms with van der Waals surface area (Å²) in [5, 5.41) is 11.6. The predicted octanol–water partition coefficient (Wildman–Crippen LogP) is 2.22. The molecule has 0 amide bonds. The summed E-state index contributed by atoms with van der Waals surface area (Å²) in [5.41, 5.74) is 0.649. The maximum Gasteiger partial charge on any atom is 0.374 e. The highest BCUT2D eigenvalue weighted by Gasteiger charge is 2.20. The van der Waals surface area contributed by atoms with Gasteiger partial charge in [0, 0.05) is 12.6 Å². The maximum atomic E-state index is 12.8. The number of oxazole rings is 1. The third-order valence-corrected chi connectivity index (χ3v) is 2.15. The van der Waals surface area contributed by atoms with Crippen LogP contribution in [0, 0.1) is 5.82 Å². The third kappa shape index (κ3) is 2.10. The Bertz CT molecular complexity index is 548. The van der Waals surface area contributed by atoms with Gasteiger partial charge < -0.3 is 14.8 Å². The molecule has 0 aliphatic heterocycles. The molecule has 0 radical (unpaired) electrons. The van der Waals surface area contributed by atoms with E-state index in [1.54, 1.807) is 7.05 Å². The zero-order valence-electron chi connectivity index (χ0n) is 8.90. The van der Waals surface area contributed by atoms with Gasteiger partial charge in [0.1, 0.15) is 11.5 Å². The normalized spacial score (nSPS) is 10.2. The molecule has 88 valence electrons. The molecule has 5 nitrogen and oxygen atoms in total.